The lowest BCUT2D eigenvalue weighted by atomic mass is 10.1. The van der Waals surface area contributed by atoms with E-state index in [4.69, 9.17) is 10.7 Å². The first-order valence-corrected chi connectivity index (χ1v) is 8.20. The summed E-state index contributed by atoms with van der Waals surface area (Å²) in [5.74, 6) is 0. The summed E-state index contributed by atoms with van der Waals surface area (Å²) in [6.07, 6.45) is 5.65. The quantitative estimate of drug-likeness (QED) is 0.873. The summed E-state index contributed by atoms with van der Waals surface area (Å²) < 4.78 is 0. The van der Waals surface area contributed by atoms with Crippen molar-refractivity contribution >= 4 is 23.1 Å². The summed E-state index contributed by atoms with van der Waals surface area (Å²) in [4.78, 5) is 7.41. The van der Waals surface area contributed by atoms with E-state index in [-0.39, 0.29) is 6.04 Å². The highest BCUT2D eigenvalue weighted by molar-refractivity contribution is 7.98. The summed E-state index contributed by atoms with van der Waals surface area (Å²) in [5.41, 5.74) is 8.75. The van der Waals surface area contributed by atoms with Gasteiger partial charge in [-0.2, -0.15) is 0 Å². The Morgan fingerprint density at radius 1 is 1.28 bits per heavy atom. The van der Waals surface area contributed by atoms with E-state index in [1.54, 1.807) is 23.1 Å². The molecular weight excluding hydrogens is 260 g/mol. The predicted octanol–water partition coefficient (Wildman–Crippen LogP) is 3.40. The third kappa shape index (κ3) is 2.20. The van der Waals surface area contributed by atoms with Crippen molar-refractivity contribution in [3.63, 3.8) is 0 Å². The molecule has 4 heteroatoms. The maximum Gasteiger partial charge on any atom is 0.114 e. The Morgan fingerprint density at radius 2 is 2.06 bits per heavy atom. The van der Waals surface area contributed by atoms with E-state index in [0.29, 0.717) is 0 Å². The minimum atomic E-state index is -0.0727. The summed E-state index contributed by atoms with van der Waals surface area (Å²) in [5, 5.41) is 1.07. The zero-order valence-electron chi connectivity index (χ0n) is 10.3. The molecule has 2 N–H and O–H groups in total. The third-order valence-corrected chi connectivity index (χ3v) is 5.34. The van der Waals surface area contributed by atoms with Crippen LogP contribution in [0.25, 0.3) is 0 Å². The van der Waals surface area contributed by atoms with Crippen LogP contribution >= 0.6 is 23.1 Å². The Bertz CT molecular complexity index is 524. The molecule has 1 unspecified atom stereocenters. The fraction of sp³-hybridized carbons (Fsp3) is 0.357. The highest BCUT2D eigenvalue weighted by Crippen LogP contribution is 2.32. The zero-order chi connectivity index (χ0) is 12.5. The summed E-state index contributed by atoms with van der Waals surface area (Å²) in [6, 6.07) is 8.41. The van der Waals surface area contributed by atoms with Gasteiger partial charge in [0.25, 0.3) is 0 Å². The second kappa shape index (κ2) is 5.03. The van der Waals surface area contributed by atoms with E-state index in [1.165, 1.54) is 28.3 Å². The lowest BCUT2D eigenvalue weighted by molar-refractivity contribution is 0.833. The number of hydrogen-bond donors (Lipinski definition) is 1. The van der Waals surface area contributed by atoms with Crippen LogP contribution < -0.4 is 5.73 Å². The Balaban J connectivity index is 1.86. The molecule has 1 aliphatic carbocycles. The Hall–Kier alpha value is -0.840. The molecule has 0 aliphatic heterocycles. The molecule has 0 fully saturated rings. The van der Waals surface area contributed by atoms with Gasteiger partial charge in [-0.05, 0) is 43.2 Å². The molecule has 18 heavy (non-hydrogen) atoms. The molecule has 1 heterocycles. The first-order valence-electron chi connectivity index (χ1n) is 6.16. The molecular formula is C14H16N2S2. The zero-order valence-corrected chi connectivity index (χ0v) is 12.0. The van der Waals surface area contributed by atoms with Gasteiger partial charge in [0.05, 0.1) is 11.7 Å². The number of hydrogen-bond acceptors (Lipinski definition) is 4. The lowest BCUT2D eigenvalue weighted by Gasteiger charge is -2.09. The Kier molecular flexibility index (Phi) is 3.41. The highest BCUT2D eigenvalue weighted by Gasteiger charge is 2.20. The maximum atomic E-state index is 6.31. The first-order chi connectivity index (χ1) is 8.78. The van der Waals surface area contributed by atoms with Crippen molar-refractivity contribution in [2.45, 2.75) is 30.2 Å². The van der Waals surface area contributed by atoms with Gasteiger partial charge in [-0.1, -0.05) is 12.1 Å². The molecule has 0 radical (unpaired) electrons. The van der Waals surface area contributed by atoms with E-state index in [9.17, 15) is 0 Å². The second-order valence-corrected chi connectivity index (χ2v) is 6.52. The first kappa shape index (κ1) is 12.2. The van der Waals surface area contributed by atoms with Crippen molar-refractivity contribution in [1.82, 2.24) is 4.98 Å². The number of nitrogens with two attached hydrogens (primary N) is 1. The average Bonchev–Trinajstić information content (AvgIpc) is 2.99. The van der Waals surface area contributed by atoms with Crippen molar-refractivity contribution in [1.29, 1.82) is 0 Å². The summed E-state index contributed by atoms with van der Waals surface area (Å²) >= 11 is 3.54. The van der Waals surface area contributed by atoms with E-state index in [0.717, 1.165) is 17.0 Å². The molecule has 1 aromatic carbocycles. The van der Waals surface area contributed by atoms with Crippen LogP contribution in [0.15, 0.2) is 29.2 Å². The van der Waals surface area contributed by atoms with Gasteiger partial charge in [0.1, 0.15) is 5.01 Å². The van der Waals surface area contributed by atoms with Crippen LogP contribution in [0.2, 0.25) is 0 Å². The van der Waals surface area contributed by atoms with E-state index in [2.05, 4.69) is 30.5 Å². The average molecular weight is 276 g/mol. The minimum absolute atomic E-state index is 0.0727. The van der Waals surface area contributed by atoms with Gasteiger partial charge in [-0.15, -0.1) is 23.1 Å². The largest absolute Gasteiger partial charge is 0.318 e. The standard InChI is InChI=1S/C14H16N2S2/c1-17-10-7-5-9(6-8-10)13(15)14-16-11-3-2-4-12(11)18-14/h5-8,13H,2-4,15H2,1H3. The predicted molar refractivity (Wildman–Crippen MR) is 78.4 cm³/mol. The van der Waals surface area contributed by atoms with Crippen molar-refractivity contribution in [3.05, 3.63) is 45.4 Å². The van der Waals surface area contributed by atoms with Crippen molar-refractivity contribution in [2.24, 2.45) is 5.73 Å². The SMILES string of the molecule is CSc1ccc(C(N)c2nc3c(s2)CCC3)cc1. The molecule has 0 spiro atoms. The molecule has 0 saturated carbocycles. The van der Waals surface area contributed by atoms with E-state index >= 15 is 0 Å². The normalized spacial score (nSPS) is 15.7. The topological polar surface area (TPSA) is 38.9 Å². The monoisotopic (exact) mass is 276 g/mol. The molecule has 2 aromatic rings. The van der Waals surface area contributed by atoms with Gasteiger partial charge in [-0.3, -0.25) is 0 Å². The molecule has 1 aliphatic rings. The van der Waals surface area contributed by atoms with Gasteiger partial charge in [0, 0.05) is 9.77 Å². The maximum absolute atomic E-state index is 6.31. The number of nitrogens with zero attached hydrogens (tertiary/aromatic N) is 1. The van der Waals surface area contributed by atoms with Gasteiger partial charge in [0.2, 0.25) is 0 Å². The molecule has 1 aromatic heterocycles. The molecule has 0 amide bonds. The summed E-state index contributed by atoms with van der Waals surface area (Å²) in [6.45, 7) is 0. The minimum Gasteiger partial charge on any atom is -0.318 e. The number of benzene rings is 1. The van der Waals surface area contributed by atoms with Crippen LogP contribution in [0.3, 0.4) is 0 Å². The Morgan fingerprint density at radius 3 is 2.72 bits per heavy atom. The van der Waals surface area contributed by atoms with E-state index in [1.807, 2.05) is 0 Å². The van der Waals surface area contributed by atoms with Crippen LogP contribution in [-0.2, 0) is 12.8 Å². The number of aromatic nitrogens is 1. The van der Waals surface area contributed by atoms with Crippen molar-refractivity contribution < 1.29 is 0 Å². The molecule has 0 bridgehead atoms. The van der Waals surface area contributed by atoms with Crippen molar-refractivity contribution in [3.8, 4) is 0 Å². The van der Waals surface area contributed by atoms with Crippen LogP contribution in [0.4, 0.5) is 0 Å². The number of rotatable bonds is 3. The van der Waals surface area contributed by atoms with Gasteiger partial charge < -0.3 is 5.73 Å². The van der Waals surface area contributed by atoms with E-state index < -0.39 is 0 Å². The fourth-order valence-electron chi connectivity index (χ4n) is 2.30. The van der Waals surface area contributed by atoms with Crippen LogP contribution in [0.5, 0.6) is 0 Å². The second-order valence-electron chi connectivity index (χ2n) is 4.53. The van der Waals surface area contributed by atoms with Crippen LogP contribution in [0, 0.1) is 0 Å². The number of aryl methyl sites for hydroxylation is 2. The number of fused-ring (bicyclic) bond motifs is 1. The fourth-order valence-corrected chi connectivity index (χ4v) is 3.89. The third-order valence-electron chi connectivity index (χ3n) is 3.35. The lowest BCUT2D eigenvalue weighted by Crippen LogP contribution is -2.11. The smallest absolute Gasteiger partial charge is 0.114 e. The molecule has 2 nitrogen and oxygen atoms in total. The molecule has 94 valence electrons. The van der Waals surface area contributed by atoms with Crippen LogP contribution in [0.1, 0.15) is 33.6 Å². The number of thiazole rings is 1. The van der Waals surface area contributed by atoms with Gasteiger partial charge in [0.15, 0.2) is 0 Å². The summed E-state index contributed by atoms with van der Waals surface area (Å²) in [7, 11) is 0. The molecule has 1 atom stereocenters. The number of thioether (sulfide) groups is 1. The molecule has 0 saturated heterocycles. The van der Waals surface area contributed by atoms with Gasteiger partial charge in [-0.25, -0.2) is 4.98 Å². The highest BCUT2D eigenvalue weighted by atomic mass is 32.2. The van der Waals surface area contributed by atoms with Gasteiger partial charge >= 0.3 is 0 Å². The Labute approximate surface area is 116 Å². The molecule has 3 rings (SSSR count). The van der Waals surface area contributed by atoms with Crippen molar-refractivity contribution in [2.75, 3.05) is 6.26 Å². The van der Waals surface area contributed by atoms with Crippen LogP contribution in [-0.4, -0.2) is 11.2 Å².